The number of alkyl halides is 3. The first-order valence-corrected chi connectivity index (χ1v) is 6.83. The van der Waals surface area contributed by atoms with Crippen LogP contribution >= 0.6 is 0 Å². The van der Waals surface area contributed by atoms with Crippen LogP contribution in [0, 0.1) is 11.7 Å². The summed E-state index contributed by atoms with van der Waals surface area (Å²) in [4.78, 5) is 23.4. The number of ether oxygens (including phenoxy) is 1. The molecule has 1 aromatic rings. The van der Waals surface area contributed by atoms with Gasteiger partial charge in [-0.25, -0.2) is 4.39 Å². The lowest BCUT2D eigenvalue weighted by Gasteiger charge is -2.26. The average Bonchev–Trinajstić information content (AvgIpc) is 2.50. The Labute approximate surface area is 131 Å². The standard InChI is InChI=1S/C15H17F4NO3/c1-10(13(21)23-2)9-20(14(22)15(17,18)19)8-7-11-3-5-12(16)6-4-11/h3-6,10H,7-9H2,1-2H3. The Hall–Kier alpha value is -2.12. The van der Waals surface area contributed by atoms with E-state index >= 15 is 0 Å². The van der Waals surface area contributed by atoms with Crippen molar-refractivity contribution in [3.63, 3.8) is 0 Å². The average molecular weight is 335 g/mol. The number of hydrogen-bond acceptors (Lipinski definition) is 3. The van der Waals surface area contributed by atoms with Gasteiger partial charge >= 0.3 is 18.1 Å². The topological polar surface area (TPSA) is 46.6 Å². The Morgan fingerprint density at radius 3 is 2.26 bits per heavy atom. The molecule has 0 N–H and O–H groups in total. The van der Waals surface area contributed by atoms with Gasteiger partial charge in [0, 0.05) is 13.1 Å². The first-order chi connectivity index (χ1) is 10.6. The molecule has 1 rings (SSSR count). The molecule has 0 fully saturated rings. The zero-order valence-electron chi connectivity index (χ0n) is 12.7. The number of rotatable bonds is 6. The van der Waals surface area contributed by atoms with Gasteiger partial charge in [0.25, 0.3) is 0 Å². The van der Waals surface area contributed by atoms with E-state index < -0.39 is 36.3 Å². The Balaban J connectivity index is 2.80. The minimum Gasteiger partial charge on any atom is -0.469 e. The van der Waals surface area contributed by atoms with E-state index in [1.165, 1.54) is 31.2 Å². The lowest BCUT2D eigenvalue weighted by molar-refractivity contribution is -0.186. The molecule has 1 aromatic carbocycles. The number of benzene rings is 1. The molecule has 0 aliphatic carbocycles. The maximum atomic E-state index is 12.8. The SMILES string of the molecule is COC(=O)C(C)CN(CCc1ccc(F)cc1)C(=O)C(F)(F)F. The van der Waals surface area contributed by atoms with Crippen molar-refractivity contribution < 1.29 is 31.9 Å². The maximum Gasteiger partial charge on any atom is 0.471 e. The van der Waals surface area contributed by atoms with Gasteiger partial charge in [0.15, 0.2) is 0 Å². The first-order valence-electron chi connectivity index (χ1n) is 6.83. The van der Waals surface area contributed by atoms with Crippen molar-refractivity contribution in [2.24, 2.45) is 5.92 Å². The number of esters is 1. The van der Waals surface area contributed by atoms with Gasteiger partial charge < -0.3 is 9.64 Å². The number of methoxy groups -OCH3 is 1. The Kier molecular flexibility index (Phi) is 6.53. The summed E-state index contributed by atoms with van der Waals surface area (Å²) in [6.45, 7) is 0.720. The summed E-state index contributed by atoms with van der Waals surface area (Å²) in [5, 5.41) is 0. The van der Waals surface area contributed by atoms with Gasteiger partial charge in [-0.05, 0) is 24.1 Å². The molecule has 0 aliphatic heterocycles. The summed E-state index contributed by atoms with van der Waals surface area (Å²) in [7, 11) is 1.12. The van der Waals surface area contributed by atoms with Gasteiger partial charge in [-0.15, -0.1) is 0 Å². The zero-order valence-corrected chi connectivity index (χ0v) is 12.7. The fourth-order valence-electron chi connectivity index (χ4n) is 1.98. The molecule has 23 heavy (non-hydrogen) atoms. The van der Waals surface area contributed by atoms with Crippen LogP contribution in [0.5, 0.6) is 0 Å². The van der Waals surface area contributed by atoms with E-state index in [0.29, 0.717) is 10.5 Å². The van der Waals surface area contributed by atoms with Crippen molar-refractivity contribution in [1.82, 2.24) is 4.90 Å². The monoisotopic (exact) mass is 335 g/mol. The Morgan fingerprint density at radius 1 is 1.22 bits per heavy atom. The summed E-state index contributed by atoms with van der Waals surface area (Å²) in [6, 6.07) is 5.22. The highest BCUT2D eigenvalue weighted by molar-refractivity contribution is 5.82. The number of nitrogens with zero attached hydrogens (tertiary/aromatic N) is 1. The van der Waals surface area contributed by atoms with E-state index in [4.69, 9.17) is 0 Å². The molecule has 1 unspecified atom stereocenters. The highest BCUT2D eigenvalue weighted by Gasteiger charge is 2.43. The largest absolute Gasteiger partial charge is 0.471 e. The molecule has 0 saturated heterocycles. The second kappa shape index (κ2) is 7.94. The van der Waals surface area contributed by atoms with Crippen LogP contribution in [0.25, 0.3) is 0 Å². The molecule has 0 aromatic heterocycles. The number of carbonyl (C=O) groups excluding carboxylic acids is 2. The van der Waals surface area contributed by atoms with E-state index in [1.807, 2.05) is 0 Å². The number of carbonyl (C=O) groups is 2. The van der Waals surface area contributed by atoms with Crippen LogP contribution in [0.3, 0.4) is 0 Å². The van der Waals surface area contributed by atoms with E-state index in [2.05, 4.69) is 4.74 Å². The van der Waals surface area contributed by atoms with Crippen molar-refractivity contribution in [3.8, 4) is 0 Å². The van der Waals surface area contributed by atoms with Gasteiger partial charge in [0.2, 0.25) is 0 Å². The molecule has 0 radical (unpaired) electrons. The predicted molar refractivity (Wildman–Crippen MR) is 73.9 cm³/mol. The first kappa shape index (κ1) is 18.9. The minimum absolute atomic E-state index is 0.107. The van der Waals surface area contributed by atoms with Gasteiger partial charge in [-0.2, -0.15) is 13.2 Å². The van der Waals surface area contributed by atoms with E-state index in [-0.39, 0.29) is 13.0 Å². The number of halogens is 4. The molecule has 0 saturated carbocycles. The van der Waals surface area contributed by atoms with Crippen molar-refractivity contribution in [2.45, 2.75) is 19.5 Å². The molecule has 8 heteroatoms. The smallest absolute Gasteiger partial charge is 0.469 e. The fourth-order valence-corrected chi connectivity index (χ4v) is 1.98. The van der Waals surface area contributed by atoms with Gasteiger partial charge in [0.1, 0.15) is 5.82 Å². The van der Waals surface area contributed by atoms with Crippen LogP contribution in [-0.4, -0.2) is 43.2 Å². The van der Waals surface area contributed by atoms with Gasteiger partial charge in [0.05, 0.1) is 13.0 Å². The summed E-state index contributed by atoms with van der Waals surface area (Å²) in [5.74, 6) is -4.07. The molecule has 0 heterocycles. The van der Waals surface area contributed by atoms with Crippen LogP contribution < -0.4 is 0 Å². The van der Waals surface area contributed by atoms with E-state index in [1.54, 1.807) is 0 Å². The van der Waals surface area contributed by atoms with Crippen LogP contribution in [0.2, 0.25) is 0 Å². The van der Waals surface area contributed by atoms with E-state index in [9.17, 15) is 27.2 Å². The number of amides is 1. The summed E-state index contributed by atoms with van der Waals surface area (Å²) in [6.07, 6.45) is -4.92. The van der Waals surface area contributed by atoms with Crippen molar-refractivity contribution in [3.05, 3.63) is 35.6 Å². The molecule has 0 bridgehead atoms. The highest BCUT2D eigenvalue weighted by atomic mass is 19.4. The van der Waals surface area contributed by atoms with E-state index in [0.717, 1.165) is 7.11 Å². The third kappa shape index (κ3) is 5.88. The zero-order chi connectivity index (χ0) is 17.6. The van der Waals surface area contributed by atoms with Crippen LogP contribution in [0.15, 0.2) is 24.3 Å². The van der Waals surface area contributed by atoms with Crippen LogP contribution in [-0.2, 0) is 20.7 Å². The summed E-state index contributed by atoms with van der Waals surface area (Å²) >= 11 is 0. The summed E-state index contributed by atoms with van der Waals surface area (Å²) in [5.41, 5.74) is 0.581. The predicted octanol–water partition coefficient (Wildman–Crippen LogP) is 2.57. The van der Waals surface area contributed by atoms with Gasteiger partial charge in [-0.3, -0.25) is 9.59 Å². The minimum atomic E-state index is -5.03. The quantitative estimate of drug-likeness (QED) is 0.593. The third-order valence-electron chi connectivity index (χ3n) is 3.21. The van der Waals surface area contributed by atoms with Gasteiger partial charge in [-0.1, -0.05) is 19.1 Å². The molecule has 4 nitrogen and oxygen atoms in total. The van der Waals surface area contributed by atoms with Crippen molar-refractivity contribution in [1.29, 1.82) is 0 Å². The molecule has 1 amide bonds. The fraction of sp³-hybridized carbons (Fsp3) is 0.467. The third-order valence-corrected chi connectivity index (χ3v) is 3.21. The van der Waals surface area contributed by atoms with Crippen LogP contribution in [0.1, 0.15) is 12.5 Å². The van der Waals surface area contributed by atoms with Crippen LogP contribution in [0.4, 0.5) is 17.6 Å². The molecular weight excluding hydrogens is 318 g/mol. The van der Waals surface area contributed by atoms with Crippen molar-refractivity contribution in [2.75, 3.05) is 20.2 Å². The summed E-state index contributed by atoms with van der Waals surface area (Å²) < 4.78 is 55.2. The molecule has 1 atom stereocenters. The molecule has 0 aliphatic rings. The second-order valence-electron chi connectivity index (χ2n) is 5.05. The second-order valence-corrected chi connectivity index (χ2v) is 5.05. The molecule has 128 valence electrons. The van der Waals surface area contributed by atoms with Crippen molar-refractivity contribution >= 4 is 11.9 Å². The maximum absolute atomic E-state index is 12.8. The molecular formula is C15H17F4NO3. The molecule has 0 spiro atoms. The highest BCUT2D eigenvalue weighted by Crippen LogP contribution is 2.20. The lowest BCUT2D eigenvalue weighted by atomic mass is 10.1. The Bertz CT molecular complexity index is 543. The number of hydrogen-bond donors (Lipinski definition) is 0. The lowest BCUT2D eigenvalue weighted by Crippen LogP contribution is -2.45. The normalized spacial score (nSPS) is 12.6. The Morgan fingerprint density at radius 2 is 1.78 bits per heavy atom.